The van der Waals surface area contributed by atoms with Crippen LogP contribution in [0, 0.1) is 0 Å². The predicted molar refractivity (Wildman–Crippen MR) is 103 cm³/mol. The van der Waals surface area contributed by atoms with Crippen molar-refractivity contribution >= 4 is 33.5 Å². The molecular weight excluding hydrogens is 350 g/mol. The summed E-state index contributed by atoms with van der Waals surface area (Å²) in [7, 11) is 1.39. The lowest BCUT2D eigenvalue weighted by atomic mass is 9.85. The van der Waals surface area contributed by atoms with Gasteiger partial charge in [0.25, 0.3) is 0 Å². The standard InChI is InChI=1S/C20H27NO4S/c1-20(2,3)25-19(23)16-10-15-18(26-16)14(13-8-6-5-7-9-13)11-21(15)12-17(22)24-4/h10-11,13H,5-9,12H2,1-4H3. The van der Waals surface area contributed by atoms with Crippen molar-refractivity contribution < 1.29 is 19.1 Å². The van der Waals surface area contributed by atoms with Crippen LogP contribution in [0.5, 0.6) is 0 Å². The first kappa shape index (κ1) is 19.0. The normalized spacial score (nSPS) is 16.0. The Morgan fingerprint density at radius 1 is 1.23 bits per heavy atom. The van der Waals surface area contributed by atoms with Crippen LogP contribution in [0.15, 0.2) is 12.3 Å². The second-order valence-electron chi connectivity index (χ2n) is 7.95. The highest BCUT2D eigenvalue weighted by molar-refractivity contribution is 7.21. The minimum atomic E-state index is -0.529. The number of esters is 2. The van der Waals surface area contributed by atoms with Gasteiger partial charge in [-0.15, -0.1) is 11.3 Å². The van der Waals surface area contributed by atoms with Crippen LogP contribution in [0.25, 0.3) is 10.2 Å². The largest absolute Gasteiger partial charge is 0.468 e. The van der Waals surface area contributed by atoms with Gasteiger partial charge in [-0.3, -0.25) is 4.79 Å². The third-order valence-corrected chi connectivity index (χ3v) is 5.90. The fourth-order valence-electron chi connectivity index (χ4n) is 3.57. The van der Waals surface area contributed by atoms with Crippen molar-refractivity contribution in [2.24, 2.45) is 0 Å². The number of hydrogen-bond acceptors (Lipinski definition) is 5. The minimum absolute atomic E-state index is 0.157. The van der Waals surface area contributed by atoms with Gasteiger partial charge in [-0.05, 0) is 51.2 Å². The summed E-state index contributed by atoms with van der Waals surface area (Å²) < 4.78 is 13.4. The van der Waals surface area contributed by atoms with Crippen LogP contribution in [-0.2, 0) is 20.8 Å². The van der Waals surface area contributed by atoms with Gasteiger partial charge < -0.3 is 14.0 Å². The highest BCUT2D eigenvalue weighted by Gasteiger charge is 2.26. The van der Waals surface area contributed by atoms with E-state index in [0.29, 0.717) is 10.8 Å². The summed E-state index contributed by atoms with van der Waals surface area (Å²) in [4.78, 5) is 24.9. The van der Waals surface area contributed by atoms with Crippen molar-refractivity contribution in [1.82, 2.24) is 4.57 Å². The quantitative estimate of drug-likeness (QED) is 0.713. The number of carbonyl (C=O) groups is 2. The number of rotatable bonds is 4. The molecule has 0 atom stereocenters. The average Bonchev–Trinajstić information content (AvgIpc) is 3.14. The maximum atomic E-state index is 12.5. The minimum Gasteiger partial charge on any atom is -0.468 e. The molecule has 2 aromatic heterocycles. The summed E-state index contributed by atoms with van der Waals surface area (Å²) in [5.41, 5.74) is 1.64. The van der Waals surface area contributed by atoms with E-state index >= 15 is 0 Å². The summed E-state index contributed by atoms with van der Waals surface area (Å²) in [6.07, 6.45) is 8.16. The molecule has 2 aromatic rings. The second kappa shape index (κ2) is 7.43. The molecule has 142 valence electrons. The van der Waals surface area contributed by atoms with E-state index in [1.165, 1.54) is 43.3 Å². The molecule has 0 spiro atoms. The van der Waals surface area contributed by atoms with Crippen LogP contribution < -0.4 is 0 Å². The van der Waals surface area contributed by atoms with Crippen molar-refractivity contribution in [3.8, 4) is 0 Å². The highest BCUT2D eigenvalue weighted by atomic mass is 32.1. The van der Waals surface area contributed by atoms with Gasteiger partial charge in [-0.1, -0.05) is 19.3 Å². The predicted octanol–water partition coefficient (Wildman–Crippen LogP) is 4.88. The fourth-order valence-corrected chi connectivity index (χ4v) is 4.70. The lowest BCUT2D eigenvalue weighted by Crippen LogP contribution is -2.23. The van der Waals surface area contributed by atoms with Crippen molar-refractivity contribution in [3.63, 3.8) is 0 Å². The van der Waals surface area contributed by atoms with Crippen LogP contribution in [0.1, 0.15) is 74.0 Å². The molecule has 0 amide bonds. The molecule has 1 aliphatic carbocycles. The number of hydrogen-bond donors (Lipinski definition) is 0. The second-order valence-corrected chi connectivity index (χ2v) is 9.00. The first-order valence-electron chi connectivity index (χ1n) is 9.21. The Kier molecular flexibility index (Phi) is 5.42. The lowest BCUT2D eigenvalue weighted by molar-refractivity contribution is -0.141. The zero-order valence-electron chi connectivity index (χ0n) is 16.0. The molecular formula is C20H27NO4S. The molecule has 0 bridgehead atoms. The van der Waals surface area contributed by atoms with Crippen LogP contribution >= 0.6 is 11.3 Å². The van der Waals surface area contributed by atoms with E-state index in [0.717, 1.165) is 23.1 Å². The van der Waals surface area contributed by atoms with Crippen LogP contribution in [0.2, 0.25) is 0 Å². The van der Waals surface area contributed by atoms with E-state index in [2.05, 4.69) is 6.20 Å². The number of ether oxygens (including phenoxy) is 2. The van der Waals surface area contributed by atoms with Crippen molar-refractivity contribution in [2.45, 2.75) is 70.9 Å². The Morgan fingerprint density at radius 3 is 2.54 bits per heavy atom. The molecule has 0 unspecified atom stereocenters. The Bertz CT molecular complexity index is 806. The van der Waals surface area contributed by atoms with Crippen molar-refractivity contribution in [3.05, 3.63) is 22.7 Å². The summed E-state index contributed by atoms with van der Waals surface area (Å²) in [6, 6.07) is 1.85. The maximum absolute atomic E-state index is 12.5. The molecule has 6 heteroatoms. The number of nitrogens with zero attached hydrogens (tertiary/aromatic N) is 1. The average molecular weight is 378 g/mol. The summed E-state index contributed by atoms with van der Waals surface area (Å²) >= 11 is 1.47. The van der Waals surface area contributed by atoms with Crippen molar-refractivity contribution in [1.29, 1.82) is 0 Å². The summed E-state index contributed by atoms with van der Waals surface area (Å²) in [5.74, 6) is -0.102. The van der Waals surface area contributed by atoms with Gasteiger partial charge in [0, 0.05) is 6.20 Å². The molecule has 3 rings (SSSR count). The molecule has 5 nitrogen and oxygen atoms in total. The molecule has 0 aliphatic heterocycles. The molecule has 0 aromatic carbocycles. The topological polar surface area (TPSA) is 57.5 Å². The molecule has 1 saturated carbocycles. The molecule has 1 aliphatic rings. The summed E-state index contributed by atoms with van der Waals surface area (Å²) in [5, 5.41) is 0. The van der Waals surface area contributed by atoms with Crippen LogP contribution in [0.3, 0.4) is 0 Å². The van der Waals surface area contributed by atoms with E-state index < -0.39 is 5.60 Å². The number of fused-ring (bicyclic) bond motifs is 1. The molecule has 0 saturated heterocycles. The Morgan fingerprint density at radius 2 is 1.92 bits per heavy atom. The van der Waals surface area contributed by atoms with Gasteiger partial charge in [0.2, 0.25) is 0 Å². The molecule has 1 fully saturated rings. The maximum Gasteiger partial charge on any atom is 0.348 e. The molecule has 26 heavy (non-hydrogen) atoms. The van der Waals surface area contributed by atoms with Crippen LogP contribution in [-0.4, -0.2) is 29.2 Å². The zero-order valence-corrected chi connectivity index (χ0v) is 16.8. The SMILES string of the molecule is COC(=O)Cn1cc(C2CCCCC2)c2sc(C(=O)OC(C)(C)C)cc21. The Balaban J connectivity index is 2.00. The first-order chi connectivity index (χ1) is 12.3. The van der Waals surface area contributed by atoms with Gasteiger partial charge in [0.1, 0.15) is 17.0 Å². The van der Waals surface area contributed by atoms with E-state index in [4.69, 9.17) is 9.47 Å². The monoisotopic (exact) mass is 377 g/mol. The number of methoxy groups -OCH3 is 1. The van der Waals surface area contributed by atoms with Gasteiger partial charge in [0.15, 0.2) is 0 Å². The smallest absolute Gasteiger partial charge is 0.348 e. The molecule has 0 radical (unpaired) electrons. The Hall–Kier alpha value is -1.82. The number of thiophene rings is 1. The third kappa shape index (κ3) is 4.11. The lowest BCUT2D eigenvalue weighted by Gasteiger charge is -2.21. The van der Waals surface area contributed by atoms with Crippen molar-refractivity contribution in [2.75, 3.05) is 7.11 Å². The molecule has 2 heterocycles. The zero-order chi connectivity index (χ0) is 18.9. The van der Waals surface area contributed by atoms with Gasteiger partial charge in [-0.25, -0.2) is 4.79 Å². The van der Waals surface area contributed by atoms with Gasteiger partial charge in [-0.2, -0.15) is 0 Å². The third-order valence-electron chi connectivity index (χ3n) is 4.75. The number of aromatic nitrogens is 1. The van der Waals surface area contributed by atoms with E-state index in [9.17, 15) is 9.59 Å². The van der Waals surface area contributed by atoms with Gasteiger partial charge >= 0.3 is 11.9 Å². The Labute approximate surface area is 158 Å². The fraction of sp³-hybridized carbons (Fsp3) is 0.600. The highest BCUT2D eigenvalue weighted by Crippen LogP contribution is 2.41. The molecule has 0 N–H and O–H groups in total. The first-order valence-corrected chi connectivity index (χ1v) is 10.0. The number of carbonyl (C=O) groups excluding carboxylic acids is 2. The summed E-state index contributed by atoms with van der Waals surface area (Å²) in [6.45, 7) is 5.75. The van der Waals surface area contributed by atoms with E-state index in [-0.39, 0.29) is 18.5 Å². The van der Waals surface area contributed by atoms with E-state index in [1.54, 1.807) is 0 Å². The van der Waals surface area contributed by atoms with E-state index in [1.807, 2.05) is 31.4 Å². The van der Waals surface area contributed by atoms with Gasteiger partial charge in [0.05, 0.1) is 17.3 Å². The van der Waals surface area contributed by atoms with Crippen LogP contribution in [0.4, 0.5) is 0 Å².